The number of hydrogen-bond acceptors (Lipinski definition) is 6. The number of hydrogen-bond donors (Lipinski definition) is 2. The van der Waals surface area contributed by atoms with E-state index in [2.05, 4.69) is 26.0 Å². The quantitative estimate of drug-likeness (QED) is 0.872. The van der Waals surface area contributed by atoms with Gasteiger partial charge in [-0.15, -0.1) is 22.7 Å². The number of thiazole rings is 2. The normalized spacial score (nSPS) is 12.9. The van der Waals surface area contributed by atoms with E-state index in [0.29, 0.717) is 0 Å². The van der Waals surface area contributed by atoms with Gasteiger partial charge in [0.25, 0.3) is 0 Å². The molecule has 1 atom stereocenters. The van der Waals surface area contributed by atoms with Crippen molar-refractivity contribution in [1.29, 1.82) is 0 Å². The smallest absolute Gasteiger partial charge is 0.109 e. The molecule has 92 valence electrons. The molecule has 0 aliphatic heterocycles. The average Bonchev–Trinajstić information content (AvgIpc) is 2.88. The van der Waals surface area contributed by atoms with Crippen LogP contribution in [0.1, 0.15) is 34.4 Å². The largest absolute Gasteiger partial charge is 0.322 e. The van der Waals surface area contributed by atoms with Gasteiger partial charge in [-0.3, -0.25) is 0 Å². The molecule has 1 unspecified atom stereocenters. The second-order valence-corrected chi connectivity index (χ2v) is 5.88. The highest BCUT2D eigenvalue weighted by Gasteiger charge is 2.05. The lowest BCUT2D eigenvalue weighted by atomic mass is 10.4. The van der Waals surface area contributed by atoms with Gasteiger partial charge in [-0.25, -0.2) is 9.97 Å². The number of aryl methyl sites for hydroxylation is 1. The predicted octanol–water partition coefficient (Wildman–Crippen LogP) is 2.22. The Morgan fingerprint density at radius 1 is 1.24 bits per heavy atom. The molecule has 0 radical (unpaired) electrons. The Bertz CT molecular complexity index is 475. The Labute approximate surface area is 109 Å². The van der Waals surface area contributed by atoms with E-state index in [4.69, 9.17) is 5.73 Å². The van der Waals surface area contributed by atoms with Crippen LogP contribution < -0.4 is 11.1 Å². The molecule has 0 bridgehead atoms. The Balaban J connectivity index is 1.81. The molecule has 2 rings (SSSR count). The van der Waals surface area contributed by atoms with Crippen LogP contribution in [0.3, 0.4) is 0 Å². The second-order valence-electron chi connectivity index (χ2n) is 3.93. The van der Waals surface area contributed by atoms with Crippen molar-refractivity contribution in [1.82, 2.24) is 15.3 Å². The number of rotatable bonds is 5. The third kappa shape index (κ3) is 3.57. The third-order valence-corrected chi connectivity index (χ3v) is 4.15. The molecule has 0 aliphatic rings. The van der Waals surface area contributed by atoms with Crippen molar-refractivity contribution in [2.24, 2.45) is 5.73 Å². The lowest BCUT2D eigenvalue weighted by molar-refractivity contribution is 0.667. The minimum atomic E-state index is 0.0231. The summed E-state index contributed by atoms with van der Waals surface area (Å²) in [6.07, 6.45) is 0. The van der Waals surface area contributed by atoms with E-state index < -0.39 is 0 Å². The van der Waals surface area contributed by atoms with Gasteiger partial charge in [-0.05, 0) is 13.8 Å². The zero-order valence-electron chi connectivity index (χ0n) is 9.93. The highest BCUT2D eigenvalue weighted by Crippen LogP contribution is 2.15. The summed E-state index contributed by atoms with van der Waals surface area (Å²) in [7, 11) is 0. The Hall–Kier alpha value is -0.820. The highest BCUT2D eigenvalue weighted by atomic mass is 32.1. The second kappa shape index (κ2) is 5.68. The summed E-state index contributed by atoms with van der Waals surface area (Å²) in [6, 6.07) is 0.0231. The first-order valence-corrected chi connectivity index (χ1v) is 7.22. The van der Waals surface area contributed by atoms with E-state index in [9.17, 15) is 0 Å². The summed E-state index contributed by atoms with van der Waals surface area (Å²) >= 11 is 3.30. The first-order valence-electron chi connectivity index (χ1n) is 5.47. The number of nitrogens with two attached hydrogens (primary N) is 1. The van der Waals surface area contributed by atoms with Crippen LogP contribution in [-0.2, 0) is 13.1 Å². The third-order valence-electron chi connectivity index (χ3n) is 2.24. The van der Waals surface area contributed by atoms with Crippen LogP contribution >= 0.6 is 22.7 Å². The molecule has 0 spiro atoms. The van der Waals surface area contributed by atoms with Crippen LogP contribution in [0.4, 0.5) is 0 Å². The van der Waals surface area contributed by atoms with Crippen LogP contribution in [0.15, 0.2) is 10.8 Å². The Kier molecular flexibility index (Phi) is 4.22. The van der Waals surface area contributed by atoms with Gasteiger partial charge in [0.2, 0.25) is 0 Å². The summed E-state index contributed by atoms with van der Waals surface area (Å²) < 4.78 is 0. The molecular weight excluding hydrogens is 252 g/mol. The van der Waals surface area contributed by atoms with E-state index in [1.165, 1.54) is 0 Å². The van der Waals surface area contributed by atoms with Crippen LogP contribution in [0.2, 0.25) is 0 Å². The maximum Gasteiger partial charge on any atom is 0.109 e. The molecule has 0 aromatic carbocycles. The summed E-state index contributed by atoms with van der Waals surface area (Å²) in [5.41, 5.74) is 7.91. The van der Waals surface area contributed by atoms with Gasteiger partial charge >= 0.3 is 0 Å². The summed E-state index contributed by atoms with van der Waals surface area (Å²) in [4.78, 5) is 8.85. The topological polar surface area (TPSA) is 63.8 Å². The number of nitrogens with zero attached hydrogens (tertiary/aromatic N) is 2. The first-order chi connectivity index (χ1) is 8.15. The fraction of sp³-hybridized carbons (Fsp3) is 0.455. The van der Waals surface area contributed by atoms with Crippen LogP contribution in [0.25, 0.3) is 0 Å². The van der Waals surface area contributed by atoms with Gasteiger partial charge in [0.05, 0.1) is 22.4 Å². The Morgan fingerprint density at radius 2 is 1.88 bits per heavy atom. The van der Waals surface area contributed by atoms with Gasteiger partial charge < -0.3 is 11.1 Å². The maximum atomic E-state index is 5.77. The monoisotopic (exact) mass is 268 g/mol. The number of nitrogens with one attached hydrogen (secondary N) is 1. The predicted molar refractivity (Wildman–Crippen MR) is 72.1 cm³/mol. The zero-order valence-corrected chi connectivity index (χ0v) is 11.6. The number of aromatic nitrogens is 2. The molecule has 3 N–H and O–H groups in total. The summed E-state index contributed by atoms with van der Waals surface area (Å²) in [6.45, 7) is 5.52. The maximum absolute atomic E-state index is 5.77. The Morgan fingerprint density at radius 3 is 2.41 bits per heavy atom. The molecular formula is C11H16N4S2. The minimum Gasteiger partial charge on any atom is -0.322 e. The molecule has 4 nitrogen and oxygen atoms in total. The van der Waals surface area contributed by atoms with Gasteiger partial charge in [0, 0.05) is 23.8 Å². The van der Waals surface area contributed by atoms with Crippen molar-refractivity contribution in [3.05, 3.63) is 32.2 Å². The fourth-order valence-corrected chi connectivity index (χ4v) is 2.81. The lowest BCUT2D eigenvalue weighted by Crippen LogP contribution is -2.13. The molecule has 0 saturated heterocycles. The minimum absolute atomic E-state index is 0.0231. The average molecular weight is 268 g/mol. The first kappa shape index (κ1) is 12.6. The molecule has 2 aromatic rings. The molecule has 0 amide bonds. The van der Waals surface area contributed by atoms with E-state index in [1.54, 1.807) is 22.7 Å². The molecule has 0 saturated carbocycles. The van der Waals surface area contributed by atoms with Gasteiger partial charge in [-0.2, -0.15) is 0 Å². The SMILES string of the molecule is Cc1nc(CNCc2csc(C(C)N)n2)cs1. The van der Waals surface area contributed by atoms with E-state index in [-0.39, 0.29) is 6.04 Å². The molecule has 0 aliphatic carbocycles. The molecule has 6 heteroatoms. The summed E-state index contributed by atoms with van der Waals surface area (Å²) in [5, 5.41) is 9.56. The van der Waals surface area contributed by atoms with E-state index in [1.807, 2.05) is 13.8 Å². The molecule has 0 fully saturated rings. The van der Waals surface area contributed by atoms with Crippen molar-refractivity contribution in [3.8, 4) is 0 Å². The van der Waals surface area contributed by atoms with Crippen molar-refractivity contribution >= 4 is 22.7 Å². The highest BCUT2D eigenvalue weighted by molar-refractivity contribution is 7.09. The van der Waals surface area contributed by atoms with Gasteiger partial charge in [0.1, 0.15) is 5.01 Å². The van der Waals surface area contributed by atoms with E-state index >= 15 is 0 Å². The standard InChI is InChI=1S/C11H16N4S2/c1-7(12)11-15-10(6-17-11)4-13-3-9-5-16-8(2)14-9/h5-7,13H,3-4,12H2,1-2H3. The van der Waals surface area contributed by atoms with Crippen molar-refractivity contribution in [2.75, 3.05) is 0 Å². The molecule has 2 heterocycles. The van der Waals surface area contributed by atoms with Crippen molar-refractivity contribution < 1.29 is 0 Å². The van der Waals surface area contributed by atoms with Crippen molar-refractivity contribution in [2.45, 2.75) is 33.0 Å². The van der Waals surface area contributed by atoms with Crippen LogP contribution in [0.5, 0.6) is 0 Å². The van der Waals surface area contributed by atoms with Crippen LogP contribution in [0, 0.1) is 6.92 Å². The van der Waals surface area contributed by atoms with Gasteiger partial charge in [-0.1, -0.05) is 0 Å². The lowest BCUT2D eigenvalue weighted by Gasteiger charge is -2.00. The van der Waals surface area contributed by atoms with Gasteiger partial charge in [0.15, 0.2) is 0 Å². The van der Waals surface area contributed by atoms with Crippen molar-refractivity contribution in [3.63, 3.8) is 0 Å². The molecule has 17 heavy (non-hydrogen) atoms. The summed E-state index contributed by atoms with van der Waals surface area (Å²) in [5.74, 6) is 0. The zero-order chi connectivity index (χ0) is 12.3. The van der Waals surface area contributed by atoms with Crippen LogP contribution in [-0.4, -0.2) is 9.97 Å². The molecule has 2 aromatic heterocycles. The fourth-order valence-electron chi connectivity index (χ4n) is 1.42. The van der Waals surface area contributed by atoms with E-state index in [0.717, 1.165) is 34.5 Å².